The van der Waals surface area contributed by atoms with Gasteiger partial charge in [-0.3, -0.25) is 4.57 Å². The number of imidazole rings is 1. The maximum Gasteiger partial charge on any atom is 0.167 e. The second-order valence-corrected chi connectivity index (χ2v) is 7.15. The van der Waals surface area contributed by atoms with Gasteiger partial charge in [-0.15, -0.1) is 0 Å². The van der Waals surface area contributed by atoms with Crippen molar-refractivity contribution in [3.8, 4) is 0 Å². The summed E-state index contributed by atoms with van der Waals surface area (Å²) in [4.78, 5) is 13.2. The molecule has 4 aromatic rings. The summed E-state index contributed by atoms with van der Waals surface area (Å²) in [6.45, 7) is 0.378. The zero-order chi connectivity index (χ0) is 19.8. The summed E-state index contributed by atoms with van der Waals surface area (Å²) in [7, 11) is 0. The first-order chi connectivity index (χ1) is 14.2. The maximum absolute atomic E-state index is 10.0. The van der Waals surface area contributed by atoms with Gasteiger partial charge in [0.05, 0.1) is 19.0 Å². The van der Waals surface area contributed by atoms with Crippen LogP contribution in [0.1, 0.15) is 18.2 Å². The standard InChI is InChI=1S/C21H21N5O3/c27-10-17-16(28)8-18(29-17)26-12-25-19-20(23-11-24-21(19)26)22-9-14-6-3-5-13-4-1-2-7-15(13)14/h1-7,11-12,16-18,27-28H,8-10H2,(H,22,23,24)/t16-,17+,18+/m0/s1. The smallest absolute Gasteiger partial charge is 0.167 e. The lowest BCUT2D eigenvalue weighted by molar-refractivity contribution is -0.0432. The lowest BCUT2D eigenvalue weighted by Gasteiger charge is -2.14. The van der Waals surface area contributed by atoms with E-state index >= 15 is 0 Å². The number of aliphatic hydroxyl groups is 2. The van der Waals surface area contributed by atoms with Crippen LogP contribution in [0.5, 0.6) is 0 Å². The monoisotopic (exact) mass is 391 g/mol. The average molecular weight is 391 g/mol. The molecule has 2 aromatic heterocycles. The number of aliphatic hydroxyl groups excluding tert-OH is 2. The van der Waals surface area contributed by atoms with Gasteiger partial charge in [-0.1, -0.05) is 42.5 Å². The highest BCUT2D eigenvalue weighted by atomic mass is 16.5. The molecule has 0 bridgehead atoms. The van der Waals surface area contributed by atoms with E-state index in [1.807, 2.05) is 18.2 Å². The van der Waals surface area contributed by atoms with Crippen LogP contribution in [0, 0.1) is 0 Å². The van der Waals surface area contributed by atoms with Crippen LogP contribution >= 0.6 is 0 Å². The molecule has 0 aliphatic carbocycles. The number of anilines is 1. The first-order valence-corrected chi connectivity index (χ1v) is 9.57. The zero-order valence-electron chi connectivity index (χ0n) is 15.6. The molecule has 0 spiro atoms. The van der Waals surface area contributed by atoms with Crippen molar-refractivity contribution in [2.75, 3.05) is 11.9 Å². The molecule has 1 aliphatic rings. The van der Waals surface area contributed by atoms with Gasteiger partial charge in [-0.05, 0) is 16.3 Å². The van der Waals surface area contributed by atoms with E-state index in [1.165, 1.54) is 22.7 Å². The average Bonchev–Trinajstić information content (AvgIpc) is 3.35. The minimum absolute atomic E-state index is 0.225. The molecule has 5 rings (SSSR count). The Hall–Kier alpha value is -3.07. The maximum atomic E-state index is 10.0. The third kappa shape index (κ3) is 3.21. The Labute approximate surface area is 166 Å². The van der Waals surface area contributed by atoms with Gasteiger partial charge in [-0.2, -0.15) is 0 Å². The van der Waals surface area contributed by atoms with Crippen molar-refractivity contribution in [1.82, 2.24) is 19.5 Å². The Morgan fingerprint density at radius 1 is 1.10 bits per heavy atom. The van der Waals surface area contributed by atoms with Gasteiger partial charge in [0.15, 0.2) is 17.0 Å². The molecule has 1 fully saturated rings. The molecule has 2 aromatic carbocycles. The van der Waals surface area contributed by atoms with Gasteiger partial charge >= 0.3 is 0 Å². The van der Waals surface area contributed by atoms with Gasteiger partial charge < -0.3 is 20.3 Å². The molecule has 148 valence electrons. The normalized spacial score (nSPS) is 21.8. The van der Waals surface area contributed by atoms with Crippen molar-refractivity contribution in [2.45, 2.75) is 31.4 Å². The minimum Gasteiger partial charge on any atom is -0.394 e. The fourth-order valence-electron chi connectivity index (χ4n) is 3.87. The van der Waals surface area contributed by atoms with E-state index < -0.39 is 18.4 Å². The number of benzene rings is 2. The van der Waals surface area contributed by atoms with Crippen LogP contribution < -0.4 is 5.32 Å². The van der Waals surface area contributed by atoms with Gasteiger partial charge in [-0.25, -0.2) is 15.0 Å². The number of nitrogens with one attached hydrogen (secondary N) is 1. The number of hydrogen-bond donors (Lipinski definition) is 3. The Kier molecular flexibility index (Phi) is 4.59. The van der Waals surface area contributed by atoms with Gasteiger partial charge in [0.25, 0.3) is 0 Å². The Bertz CT molecular complexity index is 1160. The molecule has 0 amide bonds. The topological polar surface area (TPSA) is 105 Å². The van der Waals surface area contributed by atoms with E-state index in [0.717, 1.165) is 0 Å². The molecule has 0 unspecified atom stereocenters. The van der Waals surface area contributed by atoms with Crippen LogP contribution in [0.4, 0.5) is 5.82 Å². The summed E-state index contributed by atoms with van der Waals surface area (Å²) < 4.78 is 7.51. The van der Waals surface area contributed by atoms with Gasteiger partial charge in [0.2, 0.25) is 0 Å². The molecular formula is C21H21N5O3. The number of aromatic nitrogens is 4. The van der Waals surface area contributed by atoms with Crippen molar-refractivity contribution in [1.29, 1.82) is 0 Å². The molecule has 8 nitrogen and oxygen atoms in total. The van der Waals surface area contributed by atoms with Crippen molar-refractivity contribution < 1.29 is 14.9 Å². The molecule has 1 aliphatic heterocycles. The number of hydrogen-bond acceptors (Lipinski definition) is 7. The zero-order valence-corrected chi connectivity index (χ0v) is 15.6. The van der Waals surface area contributed by atoms with E-state index in [-0.39, 0.29) is 6.61 Å². The van der Waals surface area contributed by atoms with Crippen LogP contribution in [0.2, 0.25) is 0 Å². The molecule has 3 N–H and O–H groups in total. The van der Waals surface area contributed by atoms with Crippen LogP contribution in [0.15, 0.2) is 55.1 Å². The summed E-state index contributed by atoms with van der Waals surface area (Å²) in [5, 5.41) is 25.1. The summed E-state index contributed by atoms with van der Waals surface area (Å²) in [5.41, 5.74) is 2.43. The lowest BCUT2D eigenvalue weighted by Crippen LogP contribution is -2.24. The highest BCUT2D eigenvalue weighted by Crippen LogP contribution is 2.31. The van der Waals surface area contributed by atoms with E-state index in [1.54, 1.807) is 10.9 Å². The minimum atomic E-state index is -0.715. The Morgan fingerprint density at radius 3 is 2.83 bits per heavy atom. The van der Waals surface area contributed by atoms with Crippen molar-refractivity contribution in [3.05, 3.63) is 60.7 Å². The van der Waals surface area contributed by atoms with E-state index in [0.29, 0.717) is 29.9 Å². The second-order valence-electron chi connectivity index (χ2n) is 7.15. The lowest BCUT2D eigenvalue weighted by atomic mass is 10.0. The predicted octanol–water partition coefficient (Wildman–Crippen LogP) is 2.23. The summed E-state index contributed by atoms with van der Waals surface area (Å²) >= 11 is 0. The summed E-state index contributed by atoms with van der Waals surface area (Å²) in [6, 6.07) is 14.5. The fourth-order valence-corrected chi connectivity index (χ4v) is 3.87. The van der Waals surface area contributed by atoms with E-state index in [4.69, 9.17) is 4.74 Å². The highest BCUT2D eigenvalue weighted by molar-refractivity contribution is 5.86. The number of nitrogens with zero attached hydrogens (tertiary/aromatic N) is 4. The van der Waals surface area contributed by atoms with E-state index in [9.17, 15) is 10.2 Å². The Balaban J connectivity index is 1.42. The number of rotatable bonds is 5. The molecular weight excluding hydrogens is 370 g/mol. The molecule has 29 heavy (non-hydrogen) atoms. The van der Waals surface area contributed by atoms with Crippen molar-refractivity contribution in [3.63, 3.8) is 0 Å². The van der Waals surface area contributed by atoms with Crippen LogP contribution in [-0.4, -0.2) is 48.5 Å². The van der Waals surface area contributed by atoms with Crippen LogP contribution in [-0.2, 0) is 11.3 Å². The van der Waals surface area contributed by atoms with Gasteiger partial charge in [0.1, 0.15) is 18.7 Å². The Morgan fingerprint density at radius 2 is 1.97 bits per heavy atom. The molecule has 8 heteroatoms. The largest absolute Gasteiger partial charge is 0.394 e. The fraction of sp³-hybridized carbons (Fsp3) is 0.286. The first kappa shape index (κ1) is 18.0. The highest BCUT2D eigenvalue weighted by Gasteiger charge is 2.35. The summed E-state index contributed by atoms with van der Waals surface area (Å²) in [5.74, 6) is 0.638. The summed E-state index contributed by atoms with van der Waals surface area (Å²) in [6.07, 6.45) is 1.77. The predicted molar refractivity (Wildman–Crippen MR) is 108 cm³/mol. The van der Waals surface area contributed by atoms with Crippen LogP contribution in [0.25, 0.3) is 21.9 Å². The third-order valence-corrected chi connectivity index (χ3v) is 5.38. The first-order valence-electron chi connectivity index (χ1n) is 9.57. The van der Waals surface area contributed by atoms with Crippen LogP contribution in [0.3, 0.4) is 0 Å². The van der Waals surface area contributed by atoms with Crippen molar-refractivity contribution in [2.24, 2.45) is 0 Å². The molecule has 3 atom stereocenters. The van der Waals surface area contributed by atoms with Crippen molar-refractivity contribution >= 4 is 27.8 Å². The van der Waals surface area contributed by atoms with Gasteiger partial charge in [0, 0.05) is 13.0 Å². The quantitative estimate of drug-likeness (QED) is 0.479. The molecule has 0 radical (unpaired) electrons. The molecule has 0 saturated carbocycles. The number of ether oxygens (including phenoxy) is 1. The number of fused-ring (bicyclic) bond motifs is 2. The molecule has 3 heterocycles. The molecule has 1 saturated heterocycles. The SMILES string of the molecule is OC[C@H]1O[C@@H](n2cnc3c(NCc4cccc5ccccc45)ncnc32)C[C@@H]1O. The second kappa shape index (κ2) is 7.40. The van der Waals surface area contributed by atoms with E-state index in [2.05, 4.69) is 44.5 Å². The third-order valence-electron chi connectivity index (χ3n) is 5.38.